The third-order valence-corrected chi connectivity index (χ3v) is 4.57. The van der Waals surface area contributed by atoms with Gasteiger partial charge in [-0.05, 0) is 37.1 Å². The van der Waals surface area contributed by atoms with Crippen LogP contribution in [0, 0.1) is 0 Å². The molecule has 1 N–H and O–H groups in total. The van der Waals surface area contributed by atoms with Crippen molar-refractivity contribution in [3.63, 3.8) is 0 Å². The molecule has 132 valence electrons. The van der Waals surface area contributed by atoms with Crippen LogP contribution in [0.3, 0.4) is 0 Å². The van der Waals surface area contributed by atoms with E-state index in [-0.39, 0.29) is 5.91 Å². The van der Waals surface area contributed by atoms with Gasteiger partial charge in [-0.3, -0.25) is 4.79 Å². The van der Waals surface area contributed by atoms with E-state index in [1.165, 1.54) is 0 Å². The Morgan fingerprint density at radius 1 is 1.15 bits per heavy atom. The lowest BCUT2D eigenvalue weighted by Gasteiger charge is -2.25. The lowest BCUT2D eigenvalue weighted by Crippen LogP contribution is -2.33. The van der Waals surface area contributed by atoms with Gasteiger partial charge in [-0.25, -0.2) is 4.98 Å². The van der Waals surface area contributed by atoms with Crippen molar-refractivity contribution < 1.29 is 4.79 Å². The standard InChI is InChI=1S/C19H20N6O/c26-19(21-15-5-2-1-3-6-15)17-8-9-18(23-22-17)25-11-4-7-16(25)13-24-12-10-20-14-24/h1-3,5-6,8-10,12,14,16H,4,7,11,13H2,(H,21,26). The van der Waals surface area contributed by atoms with Crippen molar-refractivity contribution in [1.82, 2.24) is 19.7 Å². The number of benzene rings is 1. The summed E-state index contributed by atoms with van der Waals surface area (Å²) in [5, 5.41) is 11.2. The molecule has 0 bridgehead atoms. The van der Waals surface area contributed by atoms with Gasteiger partial charge in [0.05, 0.1) is 6.33 Å². The Morgan fingerprint density at radius 2 is 2.04 bits per heavy atom. The monoisotopic (exact) mass is 348 g/mol. The average molecular weight is 348 g/mol. The third kappa shape index (κ3) is 3.56. The molecule has 26 heavy (non-hydrogen) atoms. The zero-order valence-corrected chi connectivity index (χ0v) is 14.3. The number of carbonyl (C=O) groups is 1. The second-order valence-electron chi connectivity index (χ2n) is 6.35. The number of nitrogens with one attached hydrogen (secondary N) is 1. The summed E-state index contributed by atoms with van der Waals surface area (Å²) < 4.78 is 2.08. The molecular formula is C19H20N6O. The third-order valence-electron chi connectivity index (χ3n) is 4.57. The van der Waals surface area contributed by atoms with Gasteiger partial charge < -0.3 is 14.8 Å². The molecule has 1 aromatic carbocycles. The van der Waals surface area contributed by atoms with E-state index in [0.717, 1.165) is 37.4 Å². The summed E-state index contributed by atoms with van der Waals surface area (Å²) >= 11 is 0. The van der Waals surface area contributed by atoms with Gasteiger partial charge in [0.2, 0.25) is 0 Å². The highest BCUT2D eigenvalue weighted by atomic mass is 16.1. The lowest BCUT2D eigenvalue weighted by molar-refractivity contribution is 0.102. The Bertz CT molecular complexity index is 848. The molecule has 1 unspecified atom stereocenters. The molecule has 2 aromatic heterocycles. The van der Waals surface area contributed by atoms with Crippen LogP contribution < -0.4 is 10.2 Å². The minimum atomic E-state index is -0.258. The van der Waals surface area contributed by atoms with Crippen LogP contribution in [-0.2, 0) is 6.54 Å². The summed E-state index contributed by atoms with van der Waals surface area (Å²) in [6.45, 7) is 1.82. The molecule has 0 saturated carbocycles. The molecular weight excluding hydrogens is 328 g/mol. The van der Waals surface area contributed by atoms with Crippen LogP contribution in [-0.4, -0.2) is 38.2 Å². The zero-order valence-electron chi connectivity index (χ0n) is 14.3. The maximum absolute atomic E-state index is 12.3. The Balaban J connectivity index is 1.44. The predicted octanol–water partition coefficient (Wildman–Crippen LogP) is 2.59. The second kappa shape index (κ2) is 7.35. The van der Waals surface area contributed by atoms with E-state index in [1.54, 1.807) is 12.3 Å². The number of nitrogens with zero attached hydrogens (tertiary/aromatic N) is 5. The number of carbonyl (C=O) groups excluding carboxylic acids is 1. The molecule has 1 saturated heterocycles. The van der Waals surface area contributed by atoms with Crippen LogP contribution in [0.2, 0.25) is 0 Å². The van der Waals surface area contributed by atoms with Gasteiger partial charge >= 0.3 is 0 Å². The van der Waals surface area contributed by atoms with Crippen LogP contribution in [0.15, 0.2) is 61.2 Å². The van der Waals surface area contributed by atoms with Gasteiger partial charge in [0.25, 0.3) is 5.91 Å². The van der Waals surface area contributed by atoms with Crippen LogP contribution >= 0.6 is 0 Å². The van der Waals surface area contributed by atoms with Gasteiger partial charge in [0, 0.05) is 37.2 Å². The number of hydrogen-bond acceptors (Lipinski definition) is 5. The number of anilines is 2. The second-order valence-corrected chi connectivity index (χ2v) is 6.35. The Labute approximate surface area is 151 Å². The first-order chi connectivity index (χ1) is 12.8. The minimum absolute atomic E-state index is 0.258. The highest BCUT2D eigenvalue weighted by Gasteiger charge is 2.26. The van der Waals surface area contributed by atoms with Crippen molar-refractivity contribution in [2.24, 2.45) is 0 Å². The smallest absolute Gasteiger partial charge is 0.276 e. The molecule has 3 heterocycles. The van der Waals surface area contributed by atoms with Crippen LogP contribution in [0.4, 0.5) is 11.5 Å². The Kier molecular flexibility index (Phi) is 4.59. The summed E-state index contributed by atoms with van der Waals surface area (Å²) in [7, 11) is 0. The molecule has 1 atom stereocenters. The summed E-state index contributed by atoms with van der Waals surface area (Å²) in [5.74, 6) is 0.551. The maximum Gasteiger partial charge on any atom is 0.276 e. The molecule has 7 nitrogen and oxygen atoms in total. The van der Waals surface area contributed by atoms with E-state index in [9.17, 15) is 4.79 Å². The van der Waals surface area contributed by atoms with Crippen LogP contribution in [0.5, 0.6) is 0 Å². The molecule has 1 aliphatic heterocycles. The van der Waals surface area contributed by atoms with Crippen molar-refractivity contribution in [3.05, 3.63) is 66.9 Å². The van der Waals surface area contributed by atoms with Crippen molar-refractivity contribution in [2.75, 3.05) is 16.8 Å². The van der Waals surface area contributed by atoms with Crippen molar-refractivity contribution in [2.45, 2.75) is 25.4 Å². The molecule has 0 spiro atoms. The van der Waals surface area contributed by atoms with E-state index < -0.39 is 0 Å². The molecule has 1 aliphatic rings. The Morgan fingerprint density at radius 3 is 2.77 bits per heavy atom. The number of imidazole rings is 1. The fourth-order valence-corrected chi connectivity index (χ4v) is 3.28. The largest absolute Gasteiger partial charge is 0.350 e. The number of amides is 1. The number of para-hydroxylation sites is 1. The number of hydrogen-bond donors (Lipinski definition) is 1. The molecule has 3 aromatic rings. The summed E-state index contributed by atoms with van der Waals surface area (Å²) in [6, 6.07) is 13.3. The van der Waals surface area contributed by atoms with Crippen molar-refractivity contribution in [3.8, 4) is 0 Å². The number of rotatable bonds is 5. The molecule has 7 heteroatoms. The summed E-state index contributed by atoms with van der Waals surface area (Å²) in [6.07, 6.45) is 7.82. The maximum atomic E-state index is 12.3. The van der Waals surface area contributed by atoms with E-state index in [2.05, 4.69) is 30.0 Å². The lowest BCUT2D eigenvalue weighted by atomic mass is 10.2. The molecule has 0 radical (unpaired) electrons. The van der Waals surface area contributed by atoms with E-state index in [0.29, 0.717) is 11.7 Å². The van der Waals surface area contributed by atoms with Crippen LogP contribution in [0.25, 0.3) is 0 Å². The first-order valence-electron chi connectivity index (χ1n) is 8.72. The molecule has 1 fully saturated rings. The summed E-state index contributed by atoms with van der Waals surface area (Å²) in [5.41, 5.74) is 1.05. The average Bonchev–Trinajstić information content (AvgIpc) is 3.35. The quantitative estimate of drug-likeness (QED) is 0.767. The Hall–Kier alpha value is -3.22. The number of aromatic nitrogens is 4. The first kappa shape index (κ1) is 16.3. The van der Waals surface area contributed by atoms with E-state index in [1.807, 2.05) is 48.9 Å². The predicted molar refractivity (Wildman–Crippen MR) is 99.0 cm³/mol. The van der Waals surface area contributed by atoms with E-state index in [4.69, 9.17) is 0 Å². The zero-order chi connectivity index (χ0) is 17.8. The molecule has 4 rings (SSSR count). The summed E-state index contributed by atoms with van der Waals surface area (Å²) in [4.78, 5) is 18.6. The topological polar surface area (TPSA) is 75.9 Å². The highest BCUT2D eigenvalue weighted by molar-refractivity contribution is 6.02. The molecule has 1 amide bonds. The first-order valence-corrected chi connectivity index (χ1v) is 8.72. The van der Waals surface area contributed by atoms with Gasteiger partial charge in [-0.15, -0.1) is 10.2 Å². The van der Waals surface area contributed by atoms with Crippen molar-refractivity contribution in [1.29, 1.82) is 0 Å². The minimum Gasteiger partial charge on any atom is -0.350 e. The fourth-order valence-electron chi connectivity index (χ4n) is 3.28. The van der Waals surface area contributed by atoms with E-state index >= 15 is 0 Å². The van der Waals surface area contributed by atoms with Crippen LogP contribution in [0.1, 0.15) is 23.3 Å². The van der Waals surface area contributed by atoms with Crippen molar-refractivity contribution >= 4 is 17.4 Å². The van der Waals surface area contributed by atoms with Gasteiger partial charge in [0.15, 0.2) is 11.5 Å². The normalized spacial score (nSPS) is 16.6. The fraction of sp³-hybridized carbons (Fsp3) is 0.263. The SMILES string of the molecule is O=C(Nc1ccccc1)c1ccc(N2CCCC2Cn2ccnc2)nn1. The van der Waals surface area contributed by atoms with Gasteiger partial charge in [0.1, 0.15) is 0 Å². The van der Waals surface area contributed by atoms with Gasteiger partial charge in [-0.1, -0.05) is 18.2 Å². The van der Waals surface area contributed by atoms with Gasteiger partial charge in [-0.2, -0.15) is 0 Å². The highest BCUT2D eigenvalue weighted by Crippen LogP contribution is 2.24. The molecule has 0 aliphatic carbocycles.